The Morgan fingerprint density at radius 3 is 1.11 bits per heavy atom. The minimum atomic E-state index is -0.905. The van der Waals surface area contributed by atoms with Crippen LogP contribution in [0.25, 0.3) is 0 Å². The van der Waals surface area contributed by atoms with Gasteiger partial charge in [-0.15, -0.1) is 0 Å². The zero-order valence-corrected chi connectivity index (χ0v) is 25.7. The number of carbonyl (C=O) groups is 1. The summed E-state index contributed by atoms with van der Waals surface area (Å²) in [6.07, 6.45) is 41.2. The van der Waals surface area contributed by atoms with Crippen LogP contribution in [0.15, 0.2) is 12.2 Å². The maximum Gasteiger partial charge on any atom is 0.0739 e. The maximum atomic E-state index is 10.2. The molecule has 0 fully saturated rings. The minimum Gasteiger partial charge on any atom is -0.550 e. The van der Waals surface area contributed by atoms with Gasteiger partial charge in [0, 0.05) is 5.97 Å². The quantitative estimate of drug-likeness (QED) is 0.0783. The van der Waals surface area contributed by atoms with Crippen molar-refractivity contribution in [2.75, 3.05) is 6.54 Å². The molecule has 3 heteroatoms. The highest BCUT2D eigenvalue weighted by Crippen LogP contribution is 2.13. The highest BCUT2D eigenvalue weighted by atomic mass is 16.4. The smallest absolute Gasteiger partial charge is 0.0739 e. The first-order valence-corrected chi connectivity index (χ1v) is 16.8. The summed E-state index contributed by atoms with van der Waals surface area (Å²) in [6.45, 7) is 5.65. The Labute approximate surface area is 233 Å². The highest BCUT2D eigenvalue weighted by molar-refractivity contribution is 5.64. The molecule has 0 amide bonds. The molecular weight excluding hydrogens is 454 g/mol. The standard InChI is InChI=1S/C18H37N.C16H32O2/c1-2-3-4-5-6-7-8-9-10-11-12-13-14-15-16-17-18-19;1-2-3-4-5-6-7-8-9-10-11-12-13-14-15-16(17)18/h9-10H,2-8,11-19H2,1H3;2-15H2,1H3,(H,17,18). The number of quaternary nitrogens is 1. The molecule has 3 nitrogen and oxygen atoms in total. The third-order valence-corrected chi connectivity index (χ3v) is 7.25. The van der Waals surface area contributed by atoms with Crippen LogP contribution in [0.2, 0.25) is 0 Å². The molecule has 0 saturated heterocycles. The molecule has 0 atom stereocenters. The average molecular weight is 524 g/mol. The van der Waals surface area contributed by atoms with Crippen LogP contribution in [0.5, 0.6) is 0 Å². The van der Waals surface area contributed by atoms with Crippen LogP contribution >= 0.6 is 0 Å². The first-order valence-electron chi connectivity index (χ1n) is 16.8. The van der Waals surface area contributed by atoms with E-state index in [9.17, 15) is 9.90 Å². The zero-order chi connectivity index (χ0) is 27.5. The van der Waals surface area contributed by atoms with E-state index in [-0.39, 0.29) is 6.42 Å². The number of carboxylic acid groups (broad SMARTS) is 1. The third-order valence-electron chi connectivity index (χ3n) is 7.25. The minimum absolute atomic E-state index is 0.234. The Bertz CT molecular complexity index is 436. The van der Waals surface area contributed by atoms with Crippen LogP contribution in [0.1, 0.15) is 194 Å². The van der Waals surface area contributed by atoms with E-state index < -0.39 is 5.97 Å². The van der Waals surface area contributed by atoms with Gasteiger partial charge in [0.2, 0.25) is 0 Å². The largest absolute Gasteiger partial charge is 0.550 e. The van der Waals surface area contributed by atoms with Gasteiger partial charge >= 0.3 is 0 Å². The first-order chi connectivity index (χ1) is 18.2. The number of unbranched alkanes of at least 4 members (excludes halogenated alkanes) is 24. The molecule has 0 radical (unpaired) electrons. The fourth-order valence-electron chi connectivity index (χ4n) is 4.71. The topological polar surface area (TPSA) is 67.8 Å². The lowest BCUT2D eigenvalue weighted by Crippen LogP contribution is -2.50. The molecule has 0 unspecified atom stereocenters. The van der Waals surface area contributed by atoms with Gasteiger partial charge in [-0.05, 0) is 51.4 Å². The van der Waals surface area contributed by atoms with Crippen molar-refractivity contribution in [2.45, 2.75) is 194 Å². The van der Waals surface area contributed by atoms with Crippen molar-refractivity contribution in [2.24, 2.45) is 0 Å². The number of hydrogen-bond acceptors (Lipinski definition) is 2. The molecule has 0 aromatic carbocycles. The van der Waals surface area contributed by atoms with E-state index >= 15 is 0 Å². The van der Waals surface area contributed by atoms with E-state index in [4.69, 9.17) is 0 Å². The van der Waals surface area contributed by atoms with Crippen LogP contribution in [0.4, 0.5) is 0 Å². The Morgan fingerprint density at radius 2 is 0.784 bits per heavy atom. The number of rotatable bonds is 29. The SMILES string of the molecule is CCCCCCCCC=CCCCCCCCC[NH3+].CCCCCCCCCCCCCCCC(=O)[O-]. The Kier molecular flexibility index (Phi) is 38.7. The first kappa shape index (κ1) is 38.3. The van der Waals surface area contributed by atoms with Gasteiger partial charge < -0.3 is 15.6 Å². The summed E-state index contributed by atoms with van der Waals surface area (Å²) < 4.78 is 0. The molecule has 0 aliphatic heterocycles. The van der Waals surface area contributed by atoms with Gasteiger partial charge in [0.05, 0.1) is 6.54 Å². The second-order valence-electron chi connectivity index (χ2n) is 11.2. The predicted molar refractivity (Wildman–Crippen MR) is 163 cm³/mol. The molecule has 0 aromatic heterocycles. The van der Waals surface area contributed by atoms with Crippen molar-refractivity contribution >= 4 is 5.97 Å². The lowest BCUT2D eigenvalue weighted by atomic mass is 10.0. The summed E-state index contributed by atoms with van der Waals surface area (Å²) in [4.78, 5) is 10.2. The second-order valence-corrected chi connectivity index (χ2v) is 11.2. The Morgan fingerprint density at radius 1 is 0.486 bits per heavy atom. The molecule has 222 valence electrons. The lowest BCUT2D eigenvalue weighted by molar-refractivity contribution is -0.368. The molecule has 0 saturated carbocycles. The molecule has 37 heavy (non-hydrogen) atoms. The van der Waals surface area contributed by atoms with Crippen LogP contribution < -0.4 is 10.8 Å². The van der Waals surface area contributed by atoms with E-state index in [1.165, 1.54) is 161 Å². The molecule has 0 bridgehead atoms. The predicted octanol–water partition coefficient (Wildman–Crippen LogP) is 9.48. The zero-order valence-electron chi connectivity index (χ0n) is 25.7. The monoisotopic (exact) mass is 524 g/mol. The number of hydrogen-bond donors (Lipinski definition) is 1. The molecule has 3 N–H and O–H groups in total. The Balaban J connectivity index is 0. The van der Waals surface area contributed by atoms with E-state index in [0.717, 1.165) is 19.4 Å². The van der Waals surface area contributed by atoms with Gasteiger partial charge in [0.1, 0.15) is 0 Å². The molecule has 0 rings (SSSR count). The lowest BCUT2D eigenvalue weighted by Gasteiger charge is -2.03. The summed E-state index contributed by atoms with van der Waals surface area (Å²) in [5, 5.41) is 10.2. The van der Waals surface area contributed by atoms with Crippen LogP contribution in [0, 0.1) is 0 Å². The van der Waals surface area contributed by atoms with Gasteiger partial charge in [-0.25, -0.2) is 0 Å². The summed E-state index contributed by atoms with van der Waals surface area (Å²) in [7, 11) is 0. The van der Waals surface area contributed by atoms with Crippen molar-refractivity contribution in [3.05, 3.63) is 12.2 Å². The number of allylic oxidation sites excluding steroid dienone is 2. The number of carbonyl (C=O) groups excluding carboxylic acids is 1. The summed E-state index contributed by atoms with van der Waals surface area (Å²) in [5.74, 6) is -0.905. The number of aliphatic carboxylic acids is 1. The van der Waals surface area contributed by atoms with Crippen LogP contribution in [-0.4, -0.2) is 12.5 Å². The fourth-order valence-corrected chi connectivity index (χ4v) is 4.71. The Hall–Kier alpha value is -0.830. The van der Waals surface area contributed by atoms with Crippen molar-refractivity contribution in [1.29, 1.82) is 0 Å². The van der Waals surface area contributed by atoms with Gasteiger partial charge in [-0.1, -0.05) is 154 Å². The summed E-state index contributed by atoms with van der Waals surface area (Å²) in [6, 6.07) is 0. The van der Waals surface area contributed by atoms with Crippen molar-refractivity contribution < 1.29 is 15.6 Å². The average Bonchev–Trinajstić information content (AvgIpc) is 2.89. The molecule has 0 heterocycles. The highest BCUT2D eigenvalue weighted by Gasteiger charge is 1.94. The normalized spacial score (nSPS) is 11.1. The van der Waals surface area contributed by atoms with Gasteiger partial charge in [-0.2, -0.15) is 0 Å². The van der Waals surface area contributed by atoms with E-state index in [2.05, 4.69) is 31.7 Å². The van der Waals surface area contributed by atoms with Gasteiger partial charge in [0.25, 0.3) is 0 Å². The van der Waals surface area contributed by atoms with Crippen LogP contribution in [-0.2, 0) is 4.79 Å². The van der Waals surface area contributed by atoms with Crippen molar-refractivity contribution in [3.63, 3.8) is 0 Å². The van der Waals surface area contributed by atoms with Gasteiger partial charge in [-0.3, -0.25) is 0 Å². The molecular formula is C34H69NO2. The molecule has 0 aliphatic carbocycles. The summed E-state index contributed by atoms with van der Waals surface area (Å²) >= 11 is 0. The maximum absolute atomic E-state index is 10.2. The molecule has 0 aromatic rings. The van der Waals surface area contributed by atoms with Crippen molar-refractivity contribution in [1.82, 2.24) is 0 Å². The molecule has 0 spiro atoms. The second kappa shape index (κ2) is 37.3. The summed E-state index contributed by atoms with van der Waals surface area (Å²) in [5.41, 5.74) is 3.88. The third kappa shape index (κ3) is 42.5. The fraction of sp³-hybridized carbons (Fsp3) is 0.912. The van der Waals surface area contributed by atoms with Crippen LogP contribution in [0.3, 0.4) is 0 Å². The van der Waals surface area contributed by atoms with Gasteiger partial charge in [0.15, 0.2) is 0 Å². The van der Waals surface area contributed by atoms with E-state index in [1.54, 1.807) is 0 Å². The van der Waals surface area contributed by atoms with E-state index in [0.29, 0.717) is 0 Å². The number of carboxylic acids is 1. The van der Waals surface area contributed by atoms with E-state index in [1.807, 2.05) is 0 Å². The van der Waals surface area contributed by atoms with Crippen molar-refractivity contribution in [3.8, 4) is 0 Å². The molecule has 0 aliphatic rings.